The Morgan fingerprint density at radius 2 is 2.20 bits per heavy atom. The summed E-state index contributed by atoms with van der Waals surface area (Å²) in [7, 11) is 0. The van der Waals surface area contributed by atoms with Crippen molar-refractivity contribution < 1.29 is 4.79 Å². The molecule has 1 heterocycles. The SMILES string of the molecule is O=C1CCC(c2nc3ccccc3s2)C1. The van der Waals surface area contributed by atoms with E-state index < -0.39 is 0 Å². The average Bonchev–Trinajstić information content (AvgIpc) is 2.82. The first-order chi connectivity index (χ1) is 7.33. The molecule has 1 aliphatic carbocycles. The van der Waals surface area contributed by atoms with Crippen LogP contribution in [0.25, 0.3) is 10.2 Å². The standard InChI is InChI=1S/C12H11NOS/c14-9-6-5-8(7-9)12-13-10-3-1-2-4-11(10)15-12/h1-4,8H,5-7H2. The van der Waals surface area contributed by atoms with Crippen LogP contribution in [0.4, 0.5) is 0 Å². The highest BCUT2D eigenvalue weighted by Crippen LogP contribution is 2.36. The topological polar surface area (TPSA) is 30.0 Å². The number of benzene rings is 1. The van der Waals surface area contributed by atoms with Crippen LogP contribution in [0.2, 0.25) is 0 Å². The van der Waals surface area contributed by atoms with Crippen molar-refractivity contribution in [3.8, 4) is 0 Å². The van der Waals surface area contributed by atoms with Crippen molar-refractivity contribution in [1.82, 2.24) is 4.98 Å². The number of Topliss-reactive ketones (excluding diaryl/α,β-unsaturated/α-hetero) is 1. The normalized spacial score (nSPS) is 21.3. The second-order valence-corrected chi connectivity index (χ2v) is 5.06. The highest BCUT2D eigenvalue weighted by atomic mass is 32.1. The van der Waals surface area contributed by atoms with Gasteiger partial charge in [-0.1, -0.05) is 12.1 Å². The number of carbonyl (C=O) groups is 1. The third-order valence-electron chi connectivity index (χ3n) is 2.91. The van der Waals surface area contributed by atoms with Gasteiger partial charge in [-0.2, -0.15) is 0 Å². The number of fused-ring (bicyclic) bond motifs is 1. The largest absolute Gasteiger partial charge is 0.300 e. The Bertz CT molecular complexity index is 484. The second-order valence-electron chi connectivity index (χ2n) is 4.00. The zero-order valence-corrected chi connectivity index (χ0v) is 9.09. The van der Waals surface area contributed by atoms with E-state index in [0.29, 0.717) is 18.1 Å². The number of rotatable bonds is 1. The minimum atomic E-state index is 0.384. The number of para-hydroxylation sites is 1. The molecule has 2 nitrogen and oxygen atoms in total. The zero-order chi connectivity index (χ0) is 10.3. The fourth-order valence-corrected chi connectivity index (χ4v) is 3.19. The summed E-state index contributed by atoms with van der Waals surface area (Å²) in [5, 5.41) is 1.14. The third kappa shape index (κ3) is 1.57. The maximum Gasteiger partial charge on any atom is 0.133 e. The quantitative estimate of drug-likeness (QED) is 0.734. The lowest BCUT2D eigenvalue weighted by molar-refractivity contribution is -0.117. The molecular weight excluding hydrogens is 206 g/mol. The van der Waals surface area contributed by atoms with Gasteiger partial charge in [0.2, 0.25) is 0 Å². The highest BCUT2D eigenvalue weighted by Gasteiger charge is 2.25. The molecule has 1 aromatic heterocycles. The Labute approximate surface area is 92.0 Å². The van der Waals surface area contributed by atoms with Crippen LogP contribution in [0.5, 0.6) is 0 Å². The minimum Gasteiger partial charge on any atom is -0.300 e. The van der Waals surface area contributed by atoms with Crippen molar-refractivity contribution >= 4 is 27.3 Å². The number of hydrogen-bond acceptors (Lipinski definition) is 3. The molecule has 1 aromatic carbocycles. The van der Waals surface area contributed by atoms with Crippen molar-refractivity contribution in [2.45, 2.75) is 25.2 Å². The van der Waals surface area contributed by atoms with Crippen molar-refractivity contribution in [3.63, 3.8) is 0 Å². The average molecular weight is 217 g/mol. The number of nitrogens with zero attached hydrogens (tertiary/aromatic N) is 1. The second kappa shape index (κ2) is 3.42. The molecule has 0 spiro atoms. The number of hydrogen-bond donors (Lipinski definition) is 0. The molecule has 1 fully saturated rings. The molecular formula is C12H11NOS. The molecule has 1 aliphatic rings. The number of thiazole rings is 1. The molecule has 1 saturated carbocycles. The summed E-state index contributed by atoms with van der Waals surface area (Å²) in [5.41, 5.74) is 1.07. The summed E-state index contributed by atoms with van der Waals surface area (Å²) in [6.45, 7) is 0. The van der Waals surface area contributed by atoms with E-state index in [1.165, 1.54) is 4.70 Å². The number of carbonyl (C=O) groups excluding carboxylic acids is 1. The molecule has 1 atom stereocenters. The van der Waals surface area contributed by atoms with Crippen LogP contribution in [0, 0.1) is 0 Å². The predicted octanol–water partition coefficient (Wildman–Crippen LogP) is 3.13. The molecule has 2 aromatic rings. The molecule has 0 radical (unpaired) electrons. The van der Waals surface area contributed by atoms with E-state index in [2.05, 4.69) is 11.1 Å². The van der Waals surface area contributed by atoms with Gasteiger partial charge in [-0.3, -0.25) is 4.79 Å². The highest BCUT2D eigenvalue weighted by molar-refractivity contribution is 7.18. The first-order valence-electron chi connectivity index (χ1n) is 5.20. The van der Waals surface area contributed by atoms with Crippen LogP contribution in [0.1, 0.15) is 30.2 Å². The summed E-state index contributed by atoms with van der Waals surface area (Å²) in [6.07, 6.45) is 2.42. The third-order valence-corrected chi connectivity index (χ3v) is 4.10. The van der Waals surface area contributed by atoms with Crippen LogP contribution in [0.3, 0.4) is 0 Å². The Balaban J connectivity index is 2.01. The van der Waals surface area contributed by atoms with Gasteiger partial charge in [-0.25, -0.2) is 4.98 Å². The summed E-state index contributed by atoms with van der Waals surface area (Å²) in [4.78, 5) is 15.8. The van der Waals surface area contributed by atoms with Crippen molar-refractivity contribution in [2.75, 3.05) is 0 Å². The first-order valence-corrected chi connectivity index (χ1v) is 6.02. The monoisotopic (exact) mass is 217 g/mol. The van der Waals surface area contributed by atoms with E-state index in [0.717, 1.165) is 23.4 Å². The molecule has 15 heavy (non-hydrogen) atoms. The zero-order valence-electron chi connectivity index (χ0n) is 8.27. The lowest BCUT2D eigenvalue weighted by Crippen LogP contribution is -1.92. The Morgan fingerprint density at radius 3 is 2.93 bits per heavy atom. The van der Waals surface area contributed by atoms with Crippen molar-refractivity contribution in [3.05, 3.63) is 29.3 Å². The lowest BCUT2D eigenvalue weighted by Gasteiger charge is -2.00. The van der Waals surface area contributed by atoms with Gasteiger partial charge in [-0.15, -0.1) is 11.3 Å². The van der Waals surface area contributed by atoms with Gasteiger partial charge in [0.1, 0.15) is 5.78 Å². The van der Waals surface area contributed by atoms with Crippen molar-refractivity contribution in [1.29, 1.82) is 0 Å². The molecule has 0 aliphatic heterocycles. The summed E-state index contributed by atoms with van der Waals surface area (Å²) in [6, 6.07) is 8.16. The van der Waals surface area contributed by atoms with Crippen LogP contribution in [-0.4, -0.2) is 10.8 Å². The first kappa shape index (κ1) is 9.04. The summed E-state index contributed by atoms with van der Waals surface area (Å²) < 4.78 is 1.23. The van der Waals surface area contributed by atoms with Gasteiger partial charge < -0.3 is 0 Å². The van der Waals surface area contributed by atoms with Crippen LogP contribution >= 0.6 is 11.3 Å². The minimum absolute atomic E-state index is 0.384. The van der Waals surface area contributed by atoms with Crippen LogP contribution < -0.4 is 0 Å². The molecule has 3 rings (SSSR count). The molecule has 1 unspecified atom stereocenters. The van der Waals surface area contributed by atoms with Crippen molar-refractivity contribution in [2.24, 2.45) is 0 Å². The van der Waals surface area contributed by atoms with E-state index in [-0.39, 0.29) is 0 Å². The van der Waals surface area contributed by atoms with Gasteiger partial charge in [0.15, 0.2) is 0 Å². The molecule has 0 bridgehead atoms. The Kier molecular flexibility index (Phi) is 2.06. The van der Waals surface area contributed by atoms with E-state index >= 15 is 0 Å². The van der Waals surface area contributed by atoms with Crippen LogP contribution in [-0.2, 0) is 4.79 Å². The van der Waals surface area contributed by atoms with E-state index in [4.69, 9.17) is 0 Å². The van der Waals surface area contributed by atoms with Gasteiger partial charge >= 0.3 is 0 Å². The summed E-state index contributed by atoms with van der Waals surface area (Å²) in [5.74, 6) is 0.772. The van der Waals surface area contributed by atoms with Gasteiger partial charge in [0, 0.05) is 18.8 Å². The van der Waals surface area contributed by atoms with Gasteiger partial charge in [0.25, 0.3) is 0 Å². The number of ketones is 1. The maximum atomic E-state index is 11.2. The molecule has 76 valence electrons. The van der Waals surface area contributed by atoms with Gasteiger partial charge in [0.05, 0.1) is 15.2 Å². The molecule has 3 heteroatoms. The fourth-order valence-electron chi connectivity index (χ4n) is 2.09. The molecule has 0 N–H and O–H groups in total. The fraction of sp³-hybridized carbons (Fsp3) is 0.333. The Morgan fingerprint density at radius 1 is 1.33 bits per heavy atom. The maximum absolute atomic E-state index is 11.2. The predicted molar refractivity (Wildman–Crippen MR) is 61.2 cm³/mol. The van der Waals surface area contributed by atoms with E-state index in [9.17, 15) is 4.79 Å². The summed E-state index contributed by atoms with van der Waals surface area (Å²) >= 11 is 1.73. The molecule has 0 amide bonds. The van der Waals surface area contributed by atoms with E-state index in [1.54, 1.807) is 11.3 Å². The Hall–Kier alpha value is -1.22. The van der Waals surface area contributed by atoms with Gasteiger partial charge in [-0.05, 0) is 18.6 Å². The lowest BCUT2D eigenvalue weighted by atomic mass is 10.1. The smallest absolute Gasteiger partial charge is 0.133 e. The van der Waals surface area contributed by atoms with E-state index in [1.807, 2.05) is 18.2 Å². The van der Waals surface area contributed by atoms with Crippen LogP contribution in [0.15, 0.2) is 24.3 Å². The number of aromatic nitrogens is 1. The molecule has 0 saturated heterocycles.